The molecule has 1 fully saturated rings. The molecule has 1 unspecified atom stereocenters. The normalized spacial score (nSPS) is 23.4. The Labute approximate surface area is 285 Å². The average Bonchev–Trinajstić information content (AvgIpc) is 3.07. The van der Waals surface area contributed by atoms with Gasteiger partial charge in [-0.25, -0.2) is 0 Å². The van der Waals surface area contributed by atoms with E-state index in [9.17, 15) is 35.4 Å². The van der Waals surface area contributed by atoms with Crippen molar-refractivity contribution >= 4 is 5.91 Å². The van der Waals surface area contributed by atoms with Crippen LogP contribution in [0.25, 0.3) is 0 Å². The second-order valence-electron chi connectivity index (χ2n) is 13.7. The second kappa shape index (κ2) is 28.9. The van der Waals surface area contributed by atoms with E-state index >= 15 is 0 Å². The van der Waals surface area contributed by atoms with Gasteiger partial charge < -0.3 is 51.2 Å². The minimum Gasteiger partial charge on any atom is -0.394 e. The van der Waals surface area contributed by atoms with E-state index in [0.29, 0.717) is 12.8 Å². The van der Waals surface area contributed by atoms with Gasteiger partial charge in [0.2, 0.25) is 5.91 Å². The van der Waals surface area contributed by atoms with E-state index in [4.69, 9.17) is 15.2 Å². The molecule has 47 heavy (non-hydrogen) atoms. The third kappa shape index (κ3) is 20.4. The molecule has 0 aromatic heterocycles. The van der Waals surface area contributed by atoms with Crippen molar-refractivity contribution in [1.82, 2.24) is 5.32 Å². The molecule has 0 spiro atoms. The van der Waals surface area contributed by atoms with Gasteiger partial charge in [0.1, 0.15) is 30.5 Å². The Morgan fingerprint density at radius 1 is 0.723 bits per heavy atom. The van der Waals surface area contributed by atoms with Crippen LogP contribution in [0.2, 0.25) is 0 Å². The van der Waals surface area contributed by atoms with Crippen LogP contribution in [-0.4, -0.2) is 105 Å². The SMILES string of the molecule is CCCCCCCCCCCCCC[C@@H](O)[C@@H](O)[C@H](CO[C@H]1OC(CO)[C@H](O)[C@@H](O)[C@@H]1O)NC(=O)CCCCCCCCCCCN. The molecular weight excluding hydrogens is 604 g/mol. The number of hydrogen-bond donors (Lipinski definition) is 8. The average molecular weight is 677 g/mol. The van der Waals surface area contributed by atoms with Crippen LogP contribution >= 0.6 is 0 Å². The molecular formula is C36H72N2O9. The van der Waals surface area contributed by atoms with E-state index in [0.717, 1.165) is 57.9 Å². The summed E-state index contributed by atoms with van der Waals surface area (Å²) in [4.78, 5) is 12.8. The monoisotopic (exact) mass is 677 g/mol. The highest BCUT2D eigenvalue weighted by atomic mass is 16.7. The minimum absolute atomic E-state index is 0.272. The van der Waals surface area contributed by atoms with E-state index in [1.54, 1.807) is 0 Å². The van der Waals surface area contributed by atoms with Crippen LogP contribution in [0.5, 0.6) is 0 Å². The number of aliphatic hydroxyl groups is 6. The van der Waals surface area contributed by atoms with Crippen molar-refractivity contribution in [2.45, 2.75) is 204 Å². The summed E-state index contributed by atoms with van der Waals surface area (Å²) < 4.78 is 11.1. The first kappa shape index (κ1) is 44.1. The quantitative estimate of drug-likeness (QED) is 0.0498. The zero-order chi connectivity index (χ0) is 34.7. The zero-order valence-electron chi connectivity index (χ0n) is 29.5. The van der Waals surface area contributed by atoms with E-state index < -0.39 is 55.6 Å². The van der Waals surface area contributed by atoms with E-state index in [1.165, 1.54) is 77.0 Å². The molecule has 280 valence electrons. The molecule has 8 atom stereocenters. The Bertz CT molecular complexity index is 733. The lowest BCUT2D eigenvalue weighted by Crippen LogP contribution is -2.60. The van der Waals surface area contributed by atoms with Gasteiger partial charge in [-0.15, -0.1) is 0 Å². The maximum absolute atomic E-state index is 12.8. The molecule has 0 aliphatic carbocycles. The lowest BCUT2D eigenvalue weighted by Gasteiger charge is -2.40. The third-order valence-electron chi connectivity index (χ3n) is 9.40. The maximum atomic E-state index is 12.8. The molecule has 0 aromatic carbocycles. The molecule has 11 nitrogen and oxygen atoms in total. The predicted octanol–water partition coefficient (Wildman–Crippen LogP) is 3.96. The number of carbonyl (C=O) groups excluding carboxylic acids is 1. The highest BCUT2D eigenvalue weighted by Gasteiger charge is 2.44. The standard InChI is InChI=1S/C36H72N2O9/c1-2-3-4-5-6-7-8-9-11-14-17-20-23-29(40)32(42)28(27-46-36-35(45)34(44)33(43)30(26-39)47-36)38-31(41)24-21-18-15-12-10-13-16-19-22-25-37/h28-30,32-36,39-40,42-45H,2-27,37H2,1H3,(H,38,41)/t28-,29+,30?,32-,33-,34+,35-,36-/m0/s1. The molecule has 0 saturated carbocycles. The van der Waals surface area contributed by atoms with Crippen LogP contribution in [0.3, 0.4) is 0 Å². The molecule has 1 amide bonds. The van der Waals surface area contributed by atoms with Crippen LogP contribution in [-0.2, 0) is 14.3 Å². The summed E-state index contributed by atoms with van der Waals surface area (Å²) in [5.74, 6) is -0.272. The predicted molar refractivity (Wildman–Crippen MR) is 185 cm³/mol. The number of amides is 1. The third-order valence-corrected chi connectivity index (χ3v) is 9.40. The largest absolute Gasteiger partial charge is 0.394 e. The number of nitrogens with two attached hydrogens (primary N) is 1. The summed E-state index contributed by atoms with van der Waals surface area (Å²) in [7, 11) is 0. The van der Waals surface area contributed by atoms with Crippen molar-refractivity contribution in [2.75, 3.05) is 19.8 Å². The number of rotatable bonds is 31. The molecule has 1 saturated heterocycles. The van der Waals surface area contributed by atoms with Crippen LogP contribution in [0.15, 0.2) is 0 Å². The summed E-state index contributed by atoms with van der Waals surface area (Å²) >= 11 is 0. The smallest absolute Gasteiger partial charge is 0.220 e. The number of aliphatic hydroxyl groups excluding tert-OH is 6. The fourth-order valence-corrected chi connectivity index (χ4v) is 6.21. The number of ether oxygens (including phenoxy) is 2. The van der Waals surface area contributed by atoms with Crippen molar-refractivity contribution in [3.05, 3.63) is 0 Å². The van der Waals surface area contributed by atoms with Crippen LogP contribution in [0.1, 0.15) is 155 Å². The van der Waals surface area contributed by atoms with Crippen LogP contribution in [0, 0.1) is 0 Å². The molecule has 1 aliphatic heterocycles. The highest BCUT2D eigenvalue weighted by molar-refractivity contribution is 5.76. The van der Waals surface area contributed by atoms with Gasteiger partial charge in [0.25, 0.3) is 0 Å². The van der Waals surface area contributed by atoms with Gasteiger partial charge in [-0.05, 0) is 25.8 Å². The van der Waals surface area contributed by atoms with Gasteiger partial charge in [0.05, 0.1) is 25.4 Å². The summed E-state index contributed by atoms with van der Waals surface area (Å²) in [6, 6.07) is -0.990. The fourth-order valence-electron chi connectivity index (χ4n) is 6.21. The lowest BCUT2D eigenvalue weighted by atomic mass is 9.98. The minimum atomic E-state index is -1.61. The highest BCUT2D eigenvalue weighted by Crippen LogP contribution is 2.23. The molecule has 0 radical (unpaired) electrons. The molecule has 1 heterocycles. The number of unbranched alkanes of at least 4 members (excludes halogenated alkanes) is 19. The topological polar surface area (TPSA) is 195 Å². The van der Waals surface area contributed by atoms with Gasteiger partial charge in [0, 0.05) is 6.42 Å². The van der Waals surface area contributed by atoms with E-state index in [1.807, 2.05) is 0 Å². The van der Waals surface area contributed by atoms with Crippen molar-refractivity contribution < 1.29 is 44.9 Å². The Balaban J connectivity index is 2.50. The first-order valence-corrected chi connectivity index (χ1v) is 19.0. The Morgan fingerprint density at radius 3 is 1.72 bits per heavy atom. The van der Waals surface area contributed by atoms with E-state index in [2.05, 4.69) is 12.2 Å². The van der Waals surface area contributed by atoms with Gasteiger partial charge >= 0.3 is 0 Å². The van der Waals surface area contributed by atoms with E-state index in [-0.39, 0.29) is 18.9 Å². The molecule has 0 aromatic rings. The van der Waals surface area contributed by atoms with Crippen molar-refractivity contribution in [3.8, 4) is 0 Å². The van der Waals surface area contributed by atoms with Crippen molar-refractivity contribution in [1.29, 1.82) is 0 Å². The zero-order valence-corrected chi connectivity index (χ0v) is 29.5. The molecule has 1 aliphatic rings. The summed E-state index contributed by atoms with van der Waals surface area (Å²) in [5, 5.41) is 64.7. The molecule has 9 N–H and O–H groups in total. The summed E-state index contributed by atoms with van der Waals surface area (Å²) in [5.41, 5.74) is 5.54. The Morgan fingerprint density at radius 2 is 1.21 bits per heavy atom. The van der Waals surface area contributed by atoms with Crippen molar-refractivity contribution in [3.63, 3.8) is 0 Å². The maximum Gasteiger partial charge on any atom is 0.220 e. The first-order valence-electron chi connectivity index (χ1n) is 19.0. The number of carbonyl (C=O) groups is 1. The molecule has 1 rings (SSSR count). The van der Waals surface area contributed by atoms with Gasteiger partial charge in [-0.2, -0.15) is 0 Å². The Kier molecular flexibility index (Phi) is 27.1. The summed E-state index contributed by atoms with van der Waals surface area (Å²) in [6.07, 6.45) is 14.9. The molecule has 0 bridgehead atoms. The number of nitrogens with one attached hydrogen (secondary N) is 1. The molecule has 11 heteroatoms. The van der Waals surface area contributed by atoms with Gasteiger partial charge in [-0.1, -0.05) is 129 Å². The van der Waals surface area contributed by atoms with Gasteiger partial charge in [0.15, 0.2) is 6.29 Å². The lowest BCUT2D eigenvalue weighted by molar-refractivity contribution is -0.303. The number of hydrogen-bond acceptors (Lipinski definition) is 10. The second-order valence-corrected chi connectivity index (χ2v) is 13.7. The van der Waals surface area contributed by atoms with Crippen LogP contribution in [0.4, 0.5) is 0 Å². The van der Waals surface area contributed by atoms with Gasteiger partial charge in [-0.3, -0.25) is 4.79 Å². The Hall–Kier alpha value is -0.890. The van der Waals surface area contributed by atoms with Crippen molar-refractivity contribution in [2.24, 2.45) is 5.73 Å². The fraction of sp³-hybridized carbons (Fsp3) is 0.972. The van der Waals surface area contributed by atoms with Crippen LogP contribution < -0.4 is 11.1 Å². The summed E-state index contributed by atoms with van der Waals surface area (Å²) in [6.45, 7) is 2.07. The first-order chi connectivity index (χ1) is 22.8.